The third-order valence-electron chi connectivity index (χ3n) is 6.11. The normalized spacial score (nSPS) is 14.6. The molecule has 0 amide bonds. The van der Waals surface area contributed by atoms with Gasteiger partial charge in [0.2, 0.25) is 0 Å². The first-order chi connectivity index (χ1) is 15.5. The molecule has 0 N–H and O–H groups in total. The quantitative estimate of drug-likeness (QED) is 0.496. The molecule has 0 unspecified atom stereocenters. The van der Waals surface area contributed by atoms with E-state index in [1.807, 2.05) is 30.3 Å². The largest absolute Gasteiger partial charge is 0.497 e. The average molecular weight is 434 g/mol. The van der Waals surface area contributed by atoms with Crippen molar-refractivity contribution >= 4 is 0 Å². The van der Waals surface area contributed by atoms with E-state index in [1.165, 1.54) is 11.1 Å². The number of ether oxygens (including phenoxy) is 3. The standard InChI is InChI=1S/C26H31N3O3/c1-5-29-16-24(17-29)32-25-27-15-14-21(28-25)18-31-23-12-8-20(9-13-23)26(2,3)19-6-10-22(30-4)11-7-19/h6-15,24H,5,16-18H2,1-4H3. The molecule has 1 saturated heterocycles. The van der Waals surface area contributed by atoms with Crippen LogP contribution in [0.3, 0.4) is 0 Å². The zero-order chi connectivity index (χ0) is 22.6. The van der Waals surface area contributed by atoms with E-state index in [0.29, 0.717) is 12.6 Å². The second-order valence-corrected chi connectivity index (χ2v) is 8.59. The van der Waals surface area contributed by atoms with Crippen molar-refractivity contribution in [3.05, 3.63) is 77.6 Å². The first-order valence-electron chi connectivity index (χ1n) is 11.1. The minimum atomic E-state index is -0.126. The minimum absolute atomic E-state index is 0.126. The van der Waals surface area contributed by atoms with Gasteiger partial charge in [0.15, 0.2) is 0 Å². The molecule has 2 aromatic carbocycles. The molecule has 6 heteroatoms. The molecule has 0 atom stereocenters. The number of likely N-dealkylation sites (tertiary alicyclic amines) is 1. The summed E-state index contributed by atoms with van der Waals surface area (Å²) in [5.41, 5.74) is 3.12. The zero-order valence-corrected chi connectivity index (χ0v) is 19.2. The maximum Gasteiger partial charge on any atom is 0.317 e. The Balaban J connectivity index is 1.35. The highest BCUT2D eigenvalue weighted by molar-refractivity contribution is 5.41. The van der Waals surface area contributed by atoms with E-state index in [-0.39, 0.29) is 11.5 Å². The van der Waals surface area contributed by atoms with Crippen LogP contribution in [0.4, 0.5) is 0 Å². The van der Waals surface area contributed by atoms with E-state index in [1.54, 1.807) is 13.3 Å². The lowest BCUT2D eigenvalue weighted by molar-refractivity contribution is 0.0175. The minimum Gasteiger partial charge on any atom is -0.497 e. The van der Waals surface area contributed by atoms with Gasteiger partial charge in [-0.05, 0) is 48.0 Å². The van der Waals surface area contributed by atoms with E-state index >= 15 is 0 Å². The molecule has 0 bridgehead atoms. The van der Waals surface area contributed by atoms with Crippen molar-refractivity contribution in [3.8, 4) is 17.5 Å². The van der Waals surface area contributed by atoms with Gasteiger partial charge in [-0.3, -0.25) is 4.90 Å². The lowest BCUT2D eigenvalue weighted by atomic mass is 9.78. The number of hydrogen-bond donors (Lipinski definition) is 0. The van der Waals surface area contributed by atoms with Crippen molar-refractivity contribution in [3.63, 3.8) is 0 Å². The highest BCUT2D eigenvalue weighted by atomic mass is 16.5. The number of benzene rings is 2. The van der Waals surface area contributed by atoms with Crippen molar-refractivity contribution in [2.24, 2.45) is 0 Å². The molecule has 4 rings (SSSR count). The molecular weight excluding hydrogens is 402 g/mol. The summed E-state index contributed by atoms with van der Waals surface area (Å²) in [5, 5.41) is 0. The average Bonchev–Trinajstić information content (AvgIpc) is 2.80. The van der Waals surface area contributed by atoms with Gasteiger partial charge in [-0.15, -0.1) is 0 Å². The first-order valence-corrected chi connectivity index (χ1v) is 11.1. The third kappa shape index (κ3) is 5.02. The predicted molar refractivity (Wildman–Crippen MR) is 124 cm³/mol. The smallest absolute Gasteiger partial charge is 0.317 e. The Morgan fingerprint density at radius 2 is 1.56 bits per heavy atom. The molecule has 1 aromatic heterocycles. The summed E-state index contributed by atoms with van der Waals surface area (Å²) in [6.07, 6.45) is 1.89. The highest BCUT2D eigenvalue weighted by Crippen LogP contribution is 2.33. The van der Waals surface area contributed by atoms with Crippen LogP contribution in [0.2, 0.25) is 0 Å². The van der Waals surface area contributed by atoms with Crippen molar-refractivity contribution < 1.29 is 14.2 Å². The molecule has 1 fully saturated rings. The Hall–Kier alpha value is -3.12. The Bertz CT molecular complexity index is 1010. The summed E-state index contributed by atoms with van der Waals surface area (Å²) >= 11 is 0. The van der Waals surface area contributed by atoms with Gasteiger partial charge in [0.25, 0.3) is 0 Å². The maximum atomic E-state index is 5.96. The lowest BCUT2D eigenvalue weighted by Gasteiger charge is -2.37. The Morgan fingerprint density at radius 1 is 0.938 bits per heavy atom. The Kier molecular flexibility index (Phi) is 6.61. The van der Waals surface area contributed by atoms with E-state index < -0.39 is 0 Å². The molecule has 168 valence electrons. The van der Waals surface area contributed by atoms with Crippen LogP contribution in [-0.2, 0) is 12.0 Å². The lowest BCUT2D eigenvalue weighted by Crippen LogP contribution is -2.53. The van der Waals surface area contributed by atoms with Gasteiger partial charge in [0, 0.05) is 24.7 Å². The summed E-state index contributed by atoms with van der Waals surface area (Å²) in [5.74, 6) is 1.67. The van der Waals surface area contributed by atoms with Crippen LogP contribution < -0.4 is 14.2 Å². The molecule has 0 spiro atoms. The van der Waals surface area contributed by atoms with Crippen molar-refractivity contribution in [2.45, 2.75) is 38.9 Å². The van der Waals surface area contributed by atoms with Gasteiger partial charge in [0.1, 0.15) is 24.2 Å². The monoisotopic (exact) mass is 433 g/mol. The number of aromatic nitrogens is 2. The number of rotatable bonds is 9. The number of methoxy groups -OCH3 is 1. The fourth-order valence-corrected chi connectivity index (χ4v) is 3.82. The number of likely N-dealkylation sites (N-methyl/N-ethyl adjacent to an activating group) is 1. The van der Waals surface area contributed by atoms with Crippen LogP contribution in [0.15, 0.2) is 60.8 Å². The van der Waals surface area contributed by atoms with Gasteiger partial charge in [-0.1, -0.05) is 45.0 Å². The van der Waals surface area contributed by atoms with Crippen LogP contribution in [0.1, 0.15) is 37.6 Å². The molecular formula is C26H31N3O3. The van der Waals surface area contributed by atoms with Crippen LogP contribution in [0.25, 0.3) is 0 Å². The van der Waals surface area contributed by atoms with Crippen LogP contribution in [0.5, 0.6) is 17.5 Å². The van der Waals surface area contributed by atoms with Crippen molar-refractivity contribution in [2.75, 3.05) is 26.7 Å². The highest BCUT2D eigenvalue weighted by Gasteiger charge is 2.27. The third-order valence-corrected chi connectivity index (χ3v) is 6.11. The second kappa shape index (κ2) is 9.57. The molecule has 6 nitrogen and oxygen atoms in total. The van der Waals surface area contributed by atoms with Gasteiger partial charge >= 0.3 is 6.01 Å². The first kappa shape index (κ1) is 22.1. The molecule has 32 heavy (non-hydrogen) atoms. The van der Waals surface area contributed by atoms with Crippen molar-refractivity contribution in [1.29, 1.82) is 0 Å². The SMILES string of the molecule is CCN1CC(Oc2nccc(COc3ccc(C(C)(C)c4ccc(OC)cc4)cc3)n2)C1. The topological polar surface area (TPSA) is 56.7 Å². The van der Waals surface area contributed by atoms with Crippen LogP contribution in [-0.4, -0.2) is 47.7 Å². The molecule has 0 aliphatic carbocycles. The maximum absolute atomic E-state index is 5.96. The molecule has 0 saturated carbocycles. The summed E-state index contributed by atoms with van der Waals surface area (Å²) in [6.45, 7) is 9.86. The van der Waals surface area contributed by atoms with Gasteiger partial charge in [-0.2, -0.15) is 4.98 Å². The fraction of sp³-hybridized carbons (Fsp3) is 0.385. The zero-order valence-electron chi connectivity index (χ0n) is 19.2. The molecule has 2 heterocycles. The van der Waals surface area contributed by atoms with Crippen molar-refractivity contribution in [1.82, 2.24) is 14.9 Å². The Labute approximate surface area is 190 Å². The summed E-state index contributed by atoms with van der Waals surface area (Å²) in [4.78, 5) is 11.0. The number of hydrogen-bond acceptors (Lipinski definition) is 6. The summed E-state index contributed by atoms with van der Waals surface area (Å²) in [7, 11) is 1.68. The van der Waals surface area contributed by atoms with Crippen LogP contribution in [0, 0.1) is 0 Å². The fourth-order valence-electron chi connectivity index (χ4n) is 3.82. The Morgan fingerprint density at radius 3 is 2.16 bits per heavy atom. The van der Waals surface area contributed by atoms with Gasteiger partial charge in [-0.25, -0.2) is 4.98 Å². The molecule has 1 aliphatic heterocycles. The van der Waals surface area contributed by atoms with E-state index in [9.17, 15) is 0 Å². The molecule has 3 aromatic rings. The van der Waals surface area contributed by atoms with E-state index in [0.717, 1.165) is 36.8 Å². The van der Waals surface area contributed by atoms with Gasteiger partial charge in [0.05, 0.1) is 12.8 Å². The summed E-state index contributed by atoms with van der Waals surface area (Å²) in [6, 6.07) is 18.7. The predicted octanol–water partition coefficient (Wildman–Crippen LogP) is 4.47. The van der Waals surface area contributed by atoms with E-state index in [2.05, 4.69) is 59.9 Å². The van der Waals surface area contributed by atoms with Gasteiger partial charge < -0.3 is 14.2 Å². The second-order valence-electron chi connectivity index (χ2n) is 8.59. The van der Waals surface area contributed by atoms with Crippen LogP contribution >= 0.6 is 0 Å². The molecule has 0 radical (unpaired) electrons. The number of nitrogens with zero attached hydrogens (tertiary/aromatic N) is 3. The summed E-state index contributed by atoms with van der Waals surface area (Å²) < 4.78 is 17.1. The van der Waals surface area contributed by atoms with E-state index in [4.69, 9.17) is 14.2 Å². The molecule has 1 aliphatic rings.